The highest BCUT2D eigenvalue weighted by molar-refractivity contribution is 5.94. The average molecular weight is 703 g/mol. The van der Waals surface area contributed by atoms with Gasteiger partial charge >= 0.3 is 6.09 Å². The quantitative estimate of drug-likeness (QED) is 0.0516. The zero-order chi connectivity index (χ0) is 37.3. The summed E-state index contributed by atoms with van der Waals surface area (Å²) in [4.78, 5) is 70.4. The smallest absolute Gasteiger partial charge is 0.407 e. The van der Waals surface area contributed by atoms with E-state index in [1.54, 1.807) is 45.4 Å². The van der Waals surface area contributed by atoms with Crippen LogP contribution in [0.2, 0.25) is 0 Å². The second kappa shape index (κ2) is 21.1. The summed E-state index contributed by atoms with van der Waals surface area (Å²) >= 11 is 0. The molecule has 0 aromatic heterocycles. The Morgan fingerprint density at radius 3 is 2.40 bits per heavy atom. The van der Waals surface area contributed by atoms with Crippen molar-refractivity contribution in [2.24, 2.45) is 34.4 Å². The fourth-order valence-corrected chi connectivity index (χ4v) is 5.91. The molecule has 7 N–H and O–H groups in total. The van der Waals surface area contributed by atoms with Gasteiger partial charge in [0, 0.05) is 44.8 Å². The third kappa shape index (κ3) is 15.6. The number of aliphatic imine (C=N–C) groups is 1. The Morgan fingerprint density at radius 2 is 1.78 bits per heavy atom. The van der Waals surface area contributed by atoms with Crippen LogP contribution >= 0.6 is 0 Å². The average Bonchev–Trinajstić information content (AvgIpc) is 3.05. The Hall–Kier alpha value is -4.20. The lowest BCUT2D eigenvalue weighted by Crippen LogP contribution is -2.49. The van der Waals surface area contributed by atoms with E-state index in [4.69, 9.17) is 15.2 Å². The van der Waals surface area contributed by atoms with E-state index in [2.05, 4.69) is 20.9 Å². The molecule has 3 amide bonds. The van der Waals surface area contributed by atoms with Gasteiger partial charge in [0.2, 0.25) is 11.8 Å². The van der Waals surface area contributed by atoms with Crippen molar-refractivity contribution in [1.29, 1.82) is 0 Å². The Balaban J connectivity index is 2.32. The van der Waals surface area contributed by atoms with Crippen molar-refractivity contribution in [3.8, 4) is 5.75 Å². The number of fused-ring (bicyclic) bond motifs is 11. The van der Waals surface area contributed by atoms with Gasteiger partial charge in [-0.1, -0.05) is 26.0 Å². The molecule has 4 atom stereocenters. The number of hydrogen-bond donors (Lipinski definition) is 6. The summed E-state index contributed by atoms with van der Waals surface area (Å²) < 4.78 is 11.1. The van der Waals surface area contributed by atoms with Crippen molar-refractivity contribution in [1.82, 2.24) is 21.4 Å². The second-order valence-electron chi connectivity index (χ2n) is 14.3. The monoisotopic (exact) mass is 702 g/mol. The summed E-state index contributed by atoms with van der Waals surface area (Å²) in [5.41, 5.74) is 7.61. The Kier molecular flexibility index (Phi) is 17.7. The van der Waals surface area contributed by atoms with E-state index in [0.717, 1.165) is 5.56 Å². The molecule has 1 aromatic carbocycles. The standard InChI is InChI=1S/C36H58N6O8/c1-23(2)20-28-27(33(46)42-48)11-9-19-49-26-15-13-24(14-16-26)21-29(41-32(28)45)31(44)22-25(10-7-17-39-34(37)38-6)30(43)12-8-18-40-35(47)50-36(3,4)5/h13-16,23,25,27-29,48H,7-12,17-22H2,1-6H3,(H,40,47)(H,41,45)(H,42,46)(H3,37,38,39)/t25-,27+,28-,29+/m1/s1. The van der Waals surface area contributed by atoms with Gasteiger partial charge in [-0.15, -0.1) is 0 Å². The first kappa shape index (κ1) is 42.0. The molecule has 3 rings (SSSR count). The first-order chi connectivity index (χ1) is 23.6. The molecule has 1 aromatic rings. The molecule has 0 radical (unpaired) electrons. The van der Waals surface area contributed by atoms with Crippen molar-refractivity contribution in [2.75, 3.05) is 26.7 Å². The van der Waals surface area contributed by atoms with Gasteiger partial charge in [-0.3, -0.25) is 29.4 Å². The number of carbonyl (C=O) groups excluding carboxylic acids is 5. The van der Waals surface area contributed by atoms with Gasteiger partial charge in [-0.05, 0) is 89.3 Å². The van der Waals surface area contributed by atoms with E-state index in [1.165, 1.54) is 0 Å². The molecule has 0 spiro atoms. The van der Waals surface area contributed by atoms with Crippen LogP contribution in [0.4, 0.5) is 4.79 Å². The van der Waals surface area contributed by atoms with Gasteiger partial charge in [0.1, 0.15) is 17.1 Å². The van der Waals surface area contributed by atoms with E-state index in [9.17, 15) is 29.2 Å². The van der Waals surface area contributed by atoms with Crippen molar-refractivity contribution < 1.29 is 38.7 Å². The third-order valence-corrected chi connectivity index (χ3v) is 8.44. The van der Waals surface area contributed by atoms with Crippen molar-refractivity contribution in [2.45, 2.75) is 104 Å². The first-order valence-electron chi connectivity index (χ1n) is 17.6. The van der Waals surface area contributed by atoms with Crippen LogP contribution in [0.25, 0.3) is 0 Å². The minimum absolute atomic E-state index is 0.0445. The van der Waals surface area contributed by atoms with E-state index in [1.807, 2.05) is 26.0 Å². The number of Topliss-reactive ketones (excluding diaryl/α,β-unsaturated/α-hetero) is 2. The SMILES string of the molecule is CN=C(N)NCCC[C@H](CC(=O)[C@@H]1Cc2ccc(cc2)OCCC[C@H](C(=O)NO)[C@@H](CC(C)C)C(=O)N1)C(=O)CCCNC(=O)OC(C)(C)C. The summed E-state index contributed by atoms with van der Waals surface area (Å²) in [6.07, 6.45) is 1.99. The van der Waals surface area contributed by atoms with Crippen molar-refractivity contribution in [3.63, 3.8) is 0 Å². The number of guanidine groups is 1. The predicted molar refractivity (Wildman–Crippen MR) is 190 cm³/mol. The second-order valence-corrected chi connectivity index (χ2v) is 14.3. The summed E-state index contributed by atoms with van der Waals surface area (Å²) in [5.74, 6) is -2.94. The number of hydrogen-bond acceptors (Lipinski definition) is 9. The van der Waals surface area contributed by atoms with Crippen LogP contribution in [0.1, 0.15) is 91.5 Å². The normalized spacial score (nSPS) is 19.4. The number of amides is 3. The van der Waals surface area contributed by atoms with Crippen LogP contribution in [0.5, 0.6) is 5.75 Å². The minimum Gasteiger partial charge on any atom is -0.494 e. The van der Waals surface area contributed by atoms with E-state index in [-0.39, 0.29) is 55.7 Å². The van der Waals surface area contributed by atoms with Crippen molar-refractivity contribution >= 4 is 35.4 Å². The van der Waals surface area contributed by atoms with Crippen LogP contribution in [0.15, 0.2) is 29.3 Å². The number of rotatable bonds is 15. The Morgan fingerprint density at radius 1 is 1.10 bits per heavy atom. The molecule has 2 bridgehead atoms. The molecule has 0 saturated heterocycles. The van der Waals surface area contributed by atoms with Crippen LogP contribution in [-0.2, 0) is 30.3 Å². The highest BCUT2D eigenvalue weighted by atomic mass is 16.6. The van der Waals surface area contributed by atoms with Gasteiger partial charge in [0.15, 0.2) is 11.7 Å². The van der Waals surface area contributed by atoms with Gasteiger partial charge in [-0.2, -0.15) is 0 Å². The summed E-state index contributed by atoms with van der Waals surface area (Å²) in [6.45, 7) is 10.2. The number of hydroxylamine groups is 1. The lowest BCUT2D eigenvalue weighted by atomic mass is 9.81. The van der Waals surface area contributed by atoms with Crippen LogP contribution in [0, 0.1) is 23.7 Å². The van der Waals surface area contributed by atoms with Gasteiger partial charge < -0.3 is 31.2 Å². The summed E-state index contributed by atoms with van der Waals surface area (Å²) in [6, 6.07) is 6.29. The van der Waals surface area contributed by atoms with Crippen LogP contribution in [0.3, 0.4) is 0 Å². The number of nitrogens with two attached hydrogens (primary N) is 1. The number of carbonyl (C=O) groups is 5. The molecule has 2 aliphatic rings. The maximum atomic E-state index is 14.1. The zero-order valence-corrected chi connectivity index (χ0v) is 30.5. The molecule has 0 unspecified atom stereocenters. The fraction of sp³-hybridized carbons (Fsp3) is 0.667. The highest BCUT2D eigenvalue weighted by Gasteiger charge is 2.36. The number of nitrogens with one attached hydrogen (secondary N) is 4. The Labute approximate surface area is 296 Å². The fourth-order valence-electron chi connectivity index (χ4n) is 5.91. The molecular formula is C36H58N6O8. The molecule has 14 heteroatoms. The maximum Gasteiger partial charge on any atom is 0.407 e. The summed E-state index contributed by atoms with van der Waals surface area (Å²) in [5, 5.41) is 18.1. The van der Waals surface area contributed by atoms with Crippen molar-refractivity contribution in [3.05, 3.63) is 29.8 Å². The van der Waals surface area contributed by atoms with Gasteiger partial charge in [0.25, 0.3) is 0 Å². The lowest BCUT2D eigenvalue weighted by Gasteiger charge is -2.29. The molecule has 2 heterocycles. The topological polar surface area (TPSA) is 211 Å². The third-order valence-electron chi connectivity index (χ3n) is 8.44. The molecule has 2 aliphatic heterocycles. The molecule has 14 nitrogen and oxygen atoms in total. The number of ketones is 2. The number of alkyl carbamates (subject to hydrolysis) is 1. The van der Waals surface area contributed by atoms with Crippen LogP contribution in [-0.4, -0.2) is 79.0 Å². The van der Waals surface area contributed by atoms with E-state index < -0.39 is 47.3 Å². The van der Waals surface area contributed by atoms with Gasteiger partial charge in [0.05, 0.1) is 18.6 Å². The van der Waals surface area contributed by atoms with Crippen LogP contribution < -0.4 is 31.9 Å². The highest BCUT2D eigenvalue weighted by Crippen LogP contribution is 2.27. The predicted octanol–water partition coefficient (Wildman–Crippen LogP) is 3.43. The molecule has 0 saturated carbocycles. The number of benzene rings is 1. The Bertz CT molecular complexity index is 1290. The lowest BCUT2D eigenvalue weighted by molar-refractivity contribution is -0.142. The van der Waals surface area contributed by atoms with E-state index in [0.29, 0.717) is 51.0 Å². The maximum absolute atomic E-state index is 14.1. The zero-order valence-electron chi connectivity index (χ0n) is 30.5. The number of nitrogens with zero attached hydrogens (tertiary/aromatic N) is 1. The summed E-state index contributed by atoms with van der Waals surface area (Å²) in [7, 11) is 1.56. The first-order valence-corrected chi connectivity index (χ1v) is 17.6. The molecule has 0 aliphatic carbocycles. The molecule has 50 heavy (non-hydrogen) atoms. The largest absolute Gasteiger partial charge is 0.494 e. The van der Waals surface area contributed by atoms with Gasteiger partial charge in [-0.25, -0.2) is 10.3 Å². The minimum atomic E-state index is -0.977. The number of ether oxygens (including phenoxy) is 2. The molecule has 0 fully saturated rings. The molecular weight excluding hydrogens is 644 g/mol. The molecule has 280 valence electrons. The van der Waals surface area contributed by atoms with E-state index >= 15 is 0 Å².